The van der Waals surface area contributed by atoms with E-state index in [-0.39, 0.29) is 5.92 Å². The lowest BCUT2D eigenvalue weighted by atomic mass is 9.84. The molecule has 0 saturated carbocycles. The Balaban J connectivity index is 2.22. The highest BCUT2D eigenvalue weighted by Crippen LogP contribution is 2.40. The van der Waals surface area contributed by atoms with Crippen LogP contribution < -0.4 is 4.74 Å². The monoisotopic (exact) mass is 290 g/mol. The van der Waals surface area contributed by atoms with Crippen LogP contribution in [-0.4, -0.2) is 12.2 Å². The Labute approximate surface area is 130 Å². The van der Waals surface area contributed by atoms with E-state index in [0.717, 1.165) is 22.4 Å². The van der Waals surface area contributed by atoms with Crippen LogP contribution in [0.25, 0.3) is 0 Å². The molecule has 0 radical (unpaired) electrons. The van der Waals surface area contributed by atoms with Crippen LogP contribution in [0.3, 0.4) is 0 Å². The Hall–Kier alpha value is -2.74. The molecule has 2 nitrogen and oxygen atoms in total. The summed E-state index contributed by atoms with van der Waals surface area (Å²) in [6.45, 7) is 0. The molecule has 0 heterocycles. The van der Waals surface area contributed by atoms with E-state index in [9.17, 15) is 5.11 Å². The van der Waals surface area contributed by atoms with Crippen LogP contribution in [0.5, 0.6) is 11.5 Å². The van der Waals surface area contributed by atoms with Crippen LogP contribution in [-0.2, 0) is 0 Å². The predicted molar refractivity (Wildman–Crippen MR) is 88.5 cm³/mol. The lowest BCUT2D eigenvalue weighted by Gasteiger charge is -2.21. The molecule has 3 aromatic carbocycles. The van der Waals surface area contributed by atoms with Gasteiger partial charge in [0, 0.05) is 17.0 Å². The highest BCUT2D eigenvalue weighted by atomic mass is 16.5. The van der Waals surface area contributed by atoms with Gasteiger partial charge in [0.15, 0.2) is 0 Å². The second-order valence-corrected chi connectivity index (χ2v) is 5.14. The molecular formula is C20H18O2. The lowest BCUT2D eigenvalue weighted by Crippen LogP contribution is -2.05. The normalized spacial score (nSPS) is 11.9. The number of ether oxygens (including phenoxy) is 1. The first-order valence-electron chi connectivity index (χ1n) is 7.27. The van der Waals surface area contributed by atoms with Gasteiger partial charge in [0.05, 0.1) is 7.11 Å². The number of aromatic hydroxyl groups is 1. The van der Waals surface area contributed by atoms with Crippen LogP contribution in [0.1, 0.15) is 22.6 Å². The van der Waals surface area contributed by atoms with E-state index in [2.05, 4.69) is 12.1 Å². The maximum absolute atomic E-state index is 10.3. The fraction of sp³-hybridized carbons (Fsp3) is 0.100. The van der Waals surface area contributed by atoms with Crippen molar-refractivity contribution in [1.82, 2.24) is 0 Å². The minimum absolute atomic E-state index is 0.0708. The first-order chi connectivity index (χ1) is 10.8. The number of hydrogen-bond acceptors (Lipinski definition) is 2. The lowest BCUT2D eigenvalue weighted by molar-refractivity contribution is 0.408. The van der Waals surface area contributed by atoms with Gasteiger partial charge in [0.2, 0.25) is 0 Å². The van der Waals surface area contributed by atoms with Gasteiger partial charge in [0.1, 0.15) is 11.5 Å². The van der Waals surface area contributed by atoms with Crippen molar-refractivity contribution in [2.24, 2.45) is 0 Å². The summed E-state index contributed by atoms with van der Waals surface area (Å²) < 4.78 is 5.53. The molecule has 0 bridgehead atoms. The number of para-hydroxylation sites is 2. The van der Waals surface area contributed by atoms with Gasteiger partial charge in [-0.3, -0.25) is 0 Å². The molecule has 22 heavy (non-hydrogen) atoms. The molecule has 1 atom stereocenters. The molecule has 1 N–H and O–H groups in total. The van der Waals surface area contributed by atoms with Crippen molar-refractivity contribution in [2.45, 2.75) is 5.92 Å². The Morgan fingerprint density at radius 1 is 0.727 bits per heavy atom. The Morgan fingerprint density at radius 2 is 1.32 bits per heavy atom. The third-order valence-corrected chi connectivity index (χ3v) is 3.83. The van der Waals surface area contributed by atoms with Crippen LogP contribution in [0, 0.1) is 0 Å². The molecule has 1 unspecified atom stereocenters. The van der Waals surface area contributed by atoms with E-state index in [0.29, 0.717) is 5.75 Å². The number of phenols is 1. The molecule has 0 aliphatic heterocycles. The van der Waals surface area contributed by atoms with Crippen molar-refractivity contribution in [3.05, 3.63) is 95.6 Å². The number of phenolic OH excluding ortho intramolecular Hbond substituents is 1. The molecule has 0 amide bonds. The summed E-state index contributed by atoms with van der Waals surface area (Å²) >= 11 is 0. The zero-order chi connectivity index (χ0) is 15.4. The molecule has 3 aromatic rings. The van der Waals surface area contributed by atoms with E-state index >= 15 is 0 Å². The largest absolute Gasteiger partial charge is 0.508 e. The minimum atomic E-state index is -0.0708. The van der Waals surface area contributed by atoms with Gasteiger partial charge in [-0.1, -0.05) is 66.7 Å². The van der Waals surface area contributed by atoms with E-state index in [1.165, 1.54) is 0 Å². The summed E-state index contributed by atoms with van der Waals surface area (Å²) in [5, 5.41) is 10.3. The van der Waals surface area contributed by atoms with Crippen molar-refractivity contribution < 1.29 is 9.84 Å². The van der Waals surface area contributed by atoms with Crippen molar-refractivity contribution >= 4 is 0 Å². The Morgan fingerprint density at radius 3 is 2.00 bits per heavy atom. The second kappa shape index (κ2) is 6.35. The quantitative estimate of drug-likeness (QED) is 0.713. The topological polar surface area (TPSA) is 29.5 Å². The predicted octanol–water partition coefficient (Wildman–Crippen LogP) is 4.58. The van der Waals surface area contributed by atoms with Gasteiger partial charge in [-0.25, -0.2) is 0 Å². The van der Waals surface area contributed by atoms with Crippen LogP contribution in [0.4, 0.5) is 0 Å². The van der Waals surface area contributed by atoms with Crippen molar-refractivity contribution in [2.75, 3.05) is 7.11 Å². The van der Waals surface area contributed by atoms with E-state index in [1.807, 2.05) is 60.7 Å². The smallest absolute Gasteiger partial charge is 0.123 e. The van der Waals surface area contributed by atoms with Gasteiger partial charge < -0.3 is 9.84 Å². The first kappa shape index (κ1) is 14.2. The van der Waals surface area contributed by atoms with Crippen LogP contribution in [0.15, 0.2) is 78.9 Å². The maximum Gasteiger partial charge on any atom is 0.123 e. The van der Waals surface area contributed by atoms with E-state index in [1.54, 1.807) is 13.2 Å². The van der Waals surface area contributed by atoms with Gasteiger partial charge in [0.25, 0.3) is 0 Å². The molecule has 0 spiro atoms. The van der Waals surface area contributed by atoms with Crippen molar-refractivity contribution in [3.8, 4) is 11.5 Å². The standard InChI is InChI=1S/C20H18O2/c1-22-19-14-8-6-12-17(19)20(15-9-3-2-4-10-15)16-11-5-7-13-18(16)21/h2-14,20-21H,1H3. The number of benzene rings is 3. The van der Waals surface area contributed by atoms with Gasteiger partial charge in [-0.2, -0.15) is 0 Å². The molecule has 0 aromatic heterocycles. The molecule has 0 fully saturated rings. The number of hydrogen-bond donors (Lipinski definition) is 1. The summed E-state index contributed by atoms with van der Waals surface area (Å²) in [5.74, 6) is 1.04. The highest BCUT2D eigenvalue weighted by Gasteiger charge is 2.22. The van der Waals surface area contributed by atoms with Gasteiger partial charge >= 0.3 is 0 Å². The average molecular weight is 290 g/mol. The molecule has 3 rings (SSSR count). The third kappa shape index (κ3) is 2.68. The minimum Gasteiger partial charge on any atom is -0.508 e. The number of methoxy groups -OCH3 is 1. The summed E-state index contributed by atoms with van der Waals surface area (Å²) in [6, 6.07) is 25.6. The zero-order valence-corrected chi connectivity index (χ0v) is 12.4. The third-order valence-electron chi connectivity index (χ3n) is 3.83. The fourth-order valence-electron chi connectivity index (χ4n) is 2.81. The molecule has 0 aliphatic carbocycles. The number of rotatable bonds is 4. The molecule has 0 aliphatic rings. The summed E-state index contributed by atoms with van der Waals surface area (Å²) in [4.78, 5) is 0. The summed E-state index contributed by atoms with van der Waals surface area (Å²) in [6.07, 6.45) is 0. The molecule has 110 valence electrons. The first-order valence-corrected chi connectivity index (χ1v) is 7.27. The van der Waals surface area contributed by atoms with E-state index < -0.39 is 0 Å². The van der Waals surface area contributed by atoms with Crippen molar-refractivity contribution in [1.29, 1.82) is 0 Å². The second-order valence-electron chi connectivity index (χ2n) is 5.14. The van der Waals surface area contributed by atoms with Gasteiger partial charge in [-0.05, 0) is 17.7 Å². The Bertz CT molecular complexity index is 750. The van der Waals surface area contributed by atoms with Gasteiger partial charge in [-0.15, -0.1) is 0 Å². The van der Waals surface area contributed by atoms with Crippen LogP contribution in [0.2, 0.25) is 0 Å². The molecular weight excluding hydrogens is 272 g/mol. The average Bonchev–Trinajstić information content (AvgIpc) is 2.58. The summed E-state index contributed by atoms with van der Waals surface area (Å²) in [5.41, 5.74) is 3.03. The van der Waals surface area contributed by atoms with Crippen molar-refractivity contribution in [3.63, 3.8) is 0 Å². The fourth-order valence-corrected chi connectivity index (χ4v) is 2.81. The maximum atomic E-state index is 10.3. The zero-order valence-electron chi connectivity index (χ0n) is 12.4. The molecule has 0 saturated heterocycles. The summed E-state index contributed by atoms with van der Waals surface area (Å²) in [7, 11) is 1.67. The Kier molecular flexibility index (Phi) is 4.10. The molecule has 2 heteroatoms. The van der Waals surface area contributed by atoms with Crippen LogP contribution >= 0.6 is 0 Å². The SMILES string of the molecule is COc1ccccc1C(c1ccccc1)c1ccccc1O. The van der Waals surface area contributed by atoms with E-state index in [4.69, 9.17) is 4.74 Å². The highest BCUT2D eigenvalue weighted by molar-refractivity contribution is 5.52.